The summed E-state index contributed by atoms with van der Waals surface area (Å²) in [5, 5.41) is 3.12. The fraction of sp³-hybridized carbons (Fsp3) is 0.562. The fourth-order valence-electron chi connectivity index (χ4n) is 2.84. The van der Waals surface area contributed by atoms with Gasteiger partial charge in [0.15, 0.2) is 0 Å². The first kappa shape index (κ1) is 17.0. The molecular formula is C16H25ClN2O. The number of nitrogens with two attached hydrogens (primary N) is 1. The third-order valence-corrected chi connectivity index (χ3v) is 4.02. The van der Waals surface area contributed by atoms with Gasteiger partial charge in [-0.1, -0.05) is 24.3 Å². The van der Waals surface area contributed by atoms with Gasteiger partial charge in [-0.25, -0.2) is 0 Å². The Kier molecular flexibility index (Phi) is 6.50. The normalized spacial score (nSPS) is 22.9. The number of halogens is 1. The molecular weight excluding hydrogens is 272 g/mol. The summed E-state index contributed by atoms with van der Waals surface area (Å²) in [6.45, 7) is 4.18. The van der Waals surface area contributed by atoms with E-state index in [1.807, 2.05) is 12.1 Å². The van der Waals surface area contributed by atoms with Crippen molar-refractivity contribution in [1.29, 1.82) is 0 Å². The first-order valence-corrected chi connectivity index (χ1v) is 7.16. The van der Waals surface area contributed by atoms with E-state index in [2.05, 4.69) is 31.3 Å². The van der Waals surface area contributed by atoms with Crippen molar-refractivity contribution < 1.29 is 4.79 Å². The van der Waals surface area contributed by atoms with Crippen LogP contribution >= 0.6 is 12.4 Å². The van der Waals surface area contributed by atoms with Crippen LogP contribution in [0, 0.1) is 12.8 Å². The maximum atomic E-state index is 12.1. The number of carbonyl (C=O) groups is 1. The second kappa shape index (κ2) is 7.65. The number of nitrogens with one attached hydrogen (secondary N) is 1. The first-order chi connectivity index (χ1) is 9.06. The number of benzene rings is 1. The summed E-state index contributed by atoms with van der Waals surface area (Å²) in [7, 11) is 0. The lowest BCUT2D eigenvalue weighted by molar-refractivity contribution is -0.125. The zero-order valence-electron chi connectivity index (χ0n) is 12.3. The Morgan fingerprint density at radius 3 is 2.70 bits per heavy atom. The number of rotatable bonds is 4. The molecule has 112 valence electrons. The molecule has 1 aliphatic carbocycles. The van der Waals surface area contributed by atoms with Crippen LogP contribution in [0.4, 0.5) is 0 Å². The number of aryl methyl sites for hydroxylation is 1. The molecule has 1 aromatic carbocycles. The molecule has 1 aliphatic rings. The van der Waals surface area contributed by atoms with Gasteiger partial charge in [0.1, 0.15) is 0 Å². The van der Waals surface area contributed by atoms with Crippen molar-refractivity contribution in [2.24, 2.45) is 11.7 Å². The second-order valence-electron chi connectivity index (χ2n) is 5.81. The van der Waals surface area contributed by atoms with Crippen LogP contribution in [0.15, 0.2) is 24.3 Å². The van der Waals surface area contributed by atoms with Gasteiger partial charge in [-0.15, -0.1) is 12.4 Å². The monoisotopic (exact) mass is 296 g/mol. The lowest BCUT2D eigenvalue weighted by Crippen LogP contribution is -2.38. The largest absolute Gasteiger partial charge is 0.353 e. The lowest BCUT2D eigenvalue weighted by atomic mass is 10.0. The Labute approximate surface area is 127 Å². The molecule has 3 atom stereocenters. The molecule has 20 heavy (non-hydrogen) atoms. The highest BCUT2D eigenvalue weighted by molar-refractivity contribution is 5.85. The van der Waals surface area contributed by atoms with Crippen LogP contribution in [0.3, 0.4) is 0 Å². The van der Waals surface area contributed by atoms with Crippen molar-refractivity contribution in [2.45, 2.75) is 51.6 Å². The number of hydrogen-bond donors (Lipinski definition) is 2. The Morgan fingerprint density at radius 1 is 1.40 bits per heavy atom. The van der Waals surface area contributed by atoms with Crippen molar-refractivity contribution >= 4 is 18.3 Å². The summed E-state index contributed by atoms with van der Waals surface area (Å²) in [4.78, 5) is 12.1. The second-order valence-corrected chi connectivity index (χ2v) is 5.81. The van der Waals surface area contributed by atoms with Crippen molar-refractivity contribution in [3.05, 3.63) is 35.4 Å². The van der Waals surface area contributed by atoms with E-state index in [0.717, 1.165) is 25.7 Å². The molecule has 0 radical (unpaired) electrons. The average molecular weight is 297 g/mol. The Bertz CT molecular complexity index is 450. The minimum absolute atomic E-state index is 0. The van der Waals surface area contributed by atoms with Gasteiger partial charge in [-0.3, -0.25) is 4.79 Å². The molecule has 2 rings (SSSR count). The SMILES string of the molecule is Cc1ccccc1CC(C)NC(=O)C1CCC(N)C1.Cl. The molecule has 1 aromatic rings. The van der Waals surface area contributed by atoms with Crippen LogP contribution in [0.5, 0.6) is 0 Å². The quantitative estimate of drug-likeness (QED) is 0.897. The molecule has 3 unspecified atom stereocenters. The van der Waals surface area contributed by atoms with Crippen LogP contribution < -0.4 is 11.1 Å². The van der Waals surface area contributed by atoms with Gasteiger partial charge in [0.05, 0.1) is 0 Å². The molecule has 3 nitrogen and oxygen atoms in total. The van der Waals surface area contributed by atoms with E-state index in [9.17, 15) is 4.79 Å². The van der Waals surface area contributed by atoms with Crippen LogP contribution in [-0.2, 0) is 11.2 Å². The zero-order valence-corrected chi connectivity index (χ0v) is 13.1. The van der Waals surface area contributed by atoms with Gasteiger partial charge in [-0.2, -0.15) is 0 Å². The van der Waals surface area contributed by atoms with E-state index >= 15 is 0 Å². The number of amides is 1. The zero-order chi connectivity index (χ0) is 13.8. The smallest absolute Gasteiger partial charge is 0.223 e. The Hall–Kier alpha value is -1.06. The molecule has 1 saturated carbocycles. The predicted octanol–water partition coefficient (Wildman–Crippen LogP) is 2.59. The van der Waals surface area contributed by atoms with E-state index in [0.29, 0.717) is 0 Å². The molecule has 1 amide bonds. The van der Waals surface area contributed by atoms with E-state index in [-0.39, 0.29) is 36.3 Å². The van der Waals surface area contributed by atoms with Crippen molar-refractivity contribution in [2.75, 3.05) is 0 Å². The third kappa shape index (κ3) is 4.50. The van der Waals surface area contributed by atoms with Gasteiger partial charge in [0, 0.05) is 18.0 Å². The first-order valence-electron chi connectivity index (χ1n) is 7.16. The standard InChI is InChI=1S/C16H24N2O.ClH/c1-11-5-3-4-6-13(11)9-12(2)18-16(19)14-7-8-15(17)10-14;/h3-6,12,14-15H,7-10,17H2,1-2H3,(H,18,19);1H. The van der Waals surface area contributed by atoms with E-state index in [1.165, 1.54) is 11.1 Å². The van der Waals surface area contributed by atoms with Crippen LogP contribution in [0.25, 0.3) is 0 Å². The molecule has 0 aromatic heterocycles. The minimum atomic E-state index is 0. The van der Waals surface area contributed by atoms with Gasteiger partial charge in [0.25, 0.3) is 0 Å². The molecule has 0 saturated heterocycles. The summed E-state index contributed by atoms with van der Waals surface area (Å²) < 4.78 is 0. The molecule has 1 fully saturated rings. The average Bonchev–Trinajstić information content (AvgIpc) is 2.79. The Balaban J connectivity index is 0.00000200. The van der Waals surface area contributed by atoms with Crippen molar-refractivity contribution in [3.8, 4) is 0 Å². The van der Waals surface area contributed by atoms with E-state index in [4.69, 9.17) is 5.73 Å². The molecule has 0 bridgehead atoms. The highest BCUT2D eigenvalue weighted by atomic mass is 35.5. The van der Waals surface area contributed by atoms with Crippen molar-refractivity contribution in [3.63, 3.8) is 0 Å². The maximum absolute atomic E-state index is 12.1. The summed E-state index contributed by atoms with van der Waals surface area (Å²) in [6.07, 6.45) is 3.63. The highest BCUT2D eigenvalue weighted by Crippen LogP contribution is 2.24. The van der Waals surface area contributed by atoms with Crippen LogP contribution in [0.2, 0.25) is 0 Å². The van der Waals surface area contributed by atoms with Gasteiger partial charge in [0.2, 0.25) is 5.91 Å². The third-order valence-electron chi connectivity index (χ3n) is 4.02. The highest BCUT2D eigenvalue weighted by Gasteiger charge is 2.28. The van der Waals surface area contributed by atoms with Crippen LogP contribution in [-0.4, -0.2) is 18.0 Å². The topological polar surface area (TPSA) is 55.1 Å². The minimum Gasteiger partial charge on any atom is -0.353 e. The molecule has 0 spiro atoms. The molecule has 3 N–H and O–H groups in total. The summed E-state index contributed by atoms with van der Waals surface area (Å²) in [5.41, 5.74) is 8.45. The Morgan fingerprint density at radius 2 is 2.10 bits per heavy atom. The summed E-state index contributed by atoms with van der Waals surface area (Å²) >= 11 is 0. The number of carbonyl (C=O) groups excluding carboxylic acids is 1. The van der Waals surface area contributed by atoms with Crippen LogP contribution in [0.1, 0.15) is 37.3 Å². The van der Waals surface area contributed by atoms with E-state index < -0.39 is 0 Å². The lowest BCUT2D eigenvalue weighted by Gasteiger charge is -2.18. The predicted molar refractivity (Wildman–Crippen MR) is 85.1 cm³/mol. The summed E-state index contributed by atoms with van der Waals surface area (Å²) in [5.74, 6) is 0.295. The maximum Gasteiger partial charge on any atom is 0.223 e. The molecule has 0 aliphatic heterocycles. The van der Waals surface area contributed by atoms with E-state index in [1.54, 1.807) is 0 Å². The number of hydrogen-bond acceptors (Lipinski definition) is 2. The van der Waals surface area contributed by atoms with Gasteiger partial charge >= 0.3 is 0 Å². The van der Waals surface area contributed by atoms with Crippen molar-refractivity contribution in [1.82, 2.24) is 5.32 Å². The summed E-state index contributed by atoms with van der Waals surface area (Å²) in [6, 6.07) is 8.71. The van der Waals surface area contributed by atoms with Gasteiger partial charge in [-0.05, 0) is 50.7 Å². The fourth-order valence-corrected chi connectivity index (χ4v) is 2.84. The molecule has 4 heteroatoms. The van der Waals surface area contributed by atoms with Gasteiger partial charge < -0.3 is 11.1 Å². The molecule has 0 heterocycles.